The van der Waals surface area contributed by atoms with Crippen LogP contribution in [-0.4, -0.2) is 38.2 Å². The summed E-state index contributed by atoms with van der Waals surface area (Å²) in [5, 5.41) is 3.60. The number of hydrogen-bond acceptors (Lipinski definition) is 6. The van der Waals surface area contributed by atoms with E-state index in [4.69, 9.17) is 15.0 Å². The number of sulfonamides is 1. The Balaban J connectivity index is 2.29. The molecule has 0 spiro atoms. The van der Waals surface area contributed by atoms with Gasteiger partial charge in [-0.05, 0) is 13.8 Å². The topological polar surface area (TPSA) is 125 Å². The first-order valence-corrected chi connectivity index (χ1v) is 7.07. The molecule has 0 atom stereocenters. The van der Waals surface area contributed by atoms with Crippen molar-refractivity contribution < 1.29 is 22.5 Å². The molecule has 9 heteroatoms. The molecular weight excluding hydrogens is 274 g/mol. The zero-order valence-corrected chi connectivity index (χ0v) is 11.4. The number of aryl methyl sites for hydroxylation is 2. The van der Waals surface area contributed by atoms with Crippen LogP contribution in [-0.2, 0) is 19.6 Å². The van der Waals surface area contributed by atoms with E-state index in [-0.39, 0.29) is 36.0 Å². The van der Waals surface area contributed by atoms with Crippen LogP contribution in [0.4, 0.5) is 0 Å². The molecule has 0 aliphatic carbocycles. The van der Waals surface area contributed by atoms with Crippen molar-refractivity contribution in [3.05, 3.63) is 11.5 Å². The van der Waals surface area contributed by atoms with Gasteiger partial charge in [-0.15, -0.1) is 0 Å². The summed E-state index contributed by atoms with van der Waals surface area (Å²) in [5.41, 5.74) is 4.42. The predicted molar refractivity (Wildman–Crippen MR) is 63.7 cm³/mol. The van der Waals surface area contributed by atoms with E-state index in [2.05, 4.69) is 9.88 Å². The van der Waals surface area contributed by atoms with E-state index >= 15 is 0 Å². The lowest BCUT2D eigenvalue weighted by Gasteiger charge is -2.40. The van der Waals surface area contributed by atoms with Crippen molar-refractivity contribution in [2.75, 3.05) is 13.2 Å². The van der Waals surface area contributed by atoms with Crippen molar-refractivity contribution in [3.63, 3.8) is 0 Å². The van der Waals surface area contributed by atoms with Gasteiger partial charge >= 0.3 is 0 Å². The Morgan fingerprint density at radius 2 is 2.11 bits per heavy atom. The van der Waals surface area contributed by atoms with Gasteiger partial charge in [0.15, 0.2) is 5.76 Å². The Labute approximate surface area is 110 Å². The molecule has 3 N–H and O–H groups in total. The lowest BCUT2D eigenvalue weighted by atomic mass is 9.94. The fourth-order valence-electron chi connectivity index (χ4n) is 2.07. The van der Waals surface area contributed by atoms with Crippen LogP contribution in [0.3, 0.4) is 0 Å². The second-order valence-corrected chi connectivity index (χ2v) is 6.29. The summed E-state index contributed by atoms with van der Waals surface area (Å²) in [5.74, 6) is -0.399. The molecule has 0 unspecified atom stereocenters. The zero-order valence-electron chi connectivity index (χ0n) is 10.6. The highest BCUT2D eigenvalue weighted by molar-refractivity contribution is 7.89. The van der Waals surface area contributed by atoms with Crippen molar-refractivity contribution >= 4 is 15.9 Å². The number of nitrogens with zero attached hydrogens (tertiary/aromatic N) is 1. The summed E-state index contributed by atoms with van der Waals surface area (Å²) in [7, 11) is -3.84. The van der Waals surface area contributed by atoms with Crippen LogP contribution in [0.1, 0.15) is 17.9 Å². The second kappa shape index (κ2) is 4.58. The van der Waals surface area contributed by atoms with E-state index in [0.717, 1.165) is 0 Å². The van der Waals surface area contributed by atoms with E-state index in [9.17, 15) is 13.2 Å². The number of ether oxygens (including phenoxy) is 1. The van der Waals surface area contributed by atoms with Gasteiger partial charge in [0.1, 0.15) is 10.6 Å². The van der Waals surface area contributed by atoms with Crippen molar-refractivity contribution in [2.45, 2.75) is 30.7 Å². The van der Waals surface area contributed by atoms with E-state index in [1.807, 2.05) is 0 Å². The monoisotopic (exact) mass is 289 g/mol. The van der Waals surface area contributed by atoms with Gasteiger partial charge in [-0.2, -0.15) is 4.72 Å². The van der Waals surface area contributed by atoms with Gasteiger partial charge in [0, 0.05) is 0 Å². The lowest BCUT2D eigenvalue weighted by molar-refractivity contribution is -0.126. The molecule has 1 aliphatic rings. The molecule has 19 heavy (non-hydrogen) atoms. The minimum Gasteiger partial charge on any atom is -0.377 e. The number of rotatable bonds is 5. The summed E-state index contributed by atoms with van der Waals surface area (Å²) >= 11 is 0. The summed E-state index contributed by atoms with van der Waals surface area (Å²) in [4.78, 5) is 11.0. The van der Waals surface area contributed by atoms with Crippen molar-refractivity contribution in [3.8, 4) is 0 Å². The van der Waals surface area contributed by atoms with Crippen LogP contribution in [0.15, 0.2) is 9.42 Å². The maximum atomic E-state index is 12.3. The normalized spacial score (nSPS) is 18.0. The van der Waals surface area contributed by atoms with Gasteiger partial charge < -0.3 is 15.0 Å². The zero-order chi connectivity index (χ0) is 14.3. The van der Waals surface area contributed by atoms with Gasteiger partial charge in [-0.25, -0.2) is 8.42 Å². The molecule has 1 aromatic heterocycles. The summed E-state index contributed by atoms with van der Waals surface area (Å²) < 4.78 is 36.9. The molecule has 1 aromatic rings. The molecule has 0 aromatic carbocycles. The highest BCUT2D eigenvalue weighted by Crippen LogP contribution is 2.26. The molecule has 1 fully saturated rings. The van der Waals surface area contributed by atoms with Crippen LogP contribution in [0, 0.1) is 13.8 Å². The molecule has 8 nitrogen and oxygen atoms in total. The standard InChI is InChI=1S/C10H15N3O5S/c1-6-9(7(2)18-12-6)19(15,16)13-10(3-8(11)14)4-17-5-10/h13H,3-5H2,1-2H3,(H2,11,14). The predicted octanol–water partition coefficient (Wildman–Crippen LogP) is -0.786. The molecule has 0 bridgehead atoms. The van der Waals surface area contributed by atoms with Gasteiger partial charge in [-0.1, -0.05) is 5.16 Å². The first kappa shape index (κ1) is 14.0. The Hall–Kier alpha value is -1.45. The number of primary amides is 1. The quantitative estimate of drug-likeness (QED) is 0.732. The molecular formula is C10H15N3O5S. The van der Waals surface area contributed by atoms with Gasteiger partial charge in [0.25, 0.3) is 0 Å². The van der Waals surface area contributed by atoms with E-state index < -0.39 is 21.5 Å². The van der Waals surface area contributed by atoms with Crippen LogP contribution in [0.5, 0.6) is 0 Å². The largest absolute Gasteiger partial charge is 0.377 e. The minimum absolute atomic E-state index is 0.0109. The first-order valence-electron chi connectivity index (χ1n) is 5.59. The summed E-state index contributed by atoms with van der Waals surface area (Å²) in [6.07, 6.45) is -0.115. The Morgan fingerprint density at radius 1 is 1.47 bits per heavy atom. The fourth-order valence-corrected chi connectivity index (χ4v) is 3.78. The first-order chi connectivity index (χ1) is 8.76. The van der Waals surface area contributed by atoms with E-state index in [0.29, 0.717) is 0 Å². The molecule has 1 saturated heterocycles. The molecule has 1 amide bonds. The second-order valence-electron chi connectivity index (χ2n) is 4.68. The Morgan fingerprint density at radius 3 is 2.47 bits per heavy atom. The van der Waals surface area contributed by atoms with Crippen LogP contribution < -0.4 is 10.5 Å². The number of hydrogen-bond donors (Lipinski definition) is 2. The summed E-state index contributed by atoms with van der Waals surface area (Å²) in [6, 6.07) is 0. The Kier molecular flexibility index (Phi) is 3.37. The molecule has 2 heterocycles. The van der Waals surface area contributed by atoms with Crippen molar-refractivity contribution in [1.29, 1.82) is 0 Å². The van der Waals surface area contributed by atoms with Crippen molar-refractivity contribution in [2.24, 2.45) is 5.73 Å². The van der Waals surface area contributed by atoms with Crippen LogP contribution >= 0.6 is 0 Å². The maximum absolute atomic E-state index is 12.3. The number of aromatic nitrogens is 1. The van der Waals surface area contributed by atoms with Gasteiger partial charge in [0.2, 0.25) is 15.9 Å². The molecule has 2 rings (SSSR count). The maximum Gasteiger partial charge on any atom is 0.246 e. The highest BCUT2D eigenvalue weighted by atomic mass is 32.2. The number of carbonyl (C=O) groups excluding carboxylic acids is 1. The minimum atomic E-state index is -3.84. The van der Waals surface area contributed by atoms with Gasteiger partial charge in [0.05, 0.1) is 25.2 Å². The third-order valence-electron chi connectivity index (χ3n) is 2.86. The average molecular weight is 289 g/mol. The third-order valence-corrected chi connectivity index (χ3v) is 4.68. The lowest BCUT2D eigenvalue weighted by Crippen LogP contribution is -2.63. The Bertz CT molecular complexity index is 583. The molecule has 106 valence electrons. The number of amides is 1. The number of nitrogens with two attached hydrogens (primary N) is 1. The van der Waals surface area contributed by atoms with Crippen LogP contribution in [0.25, 0.3) is 0 Å². The third kappa shape index (κ3) is 2.62. The van der Waals surface area contributed by atoms with Crippen molar-refractivity contribution in [1.82, 2.24) is 9.88 Å². The average Bonchev–Trinajstić information content (AvgIpc) is 2.54. The van der Waals surface area contributed by atoms with Gasteiger partial charge in [-0.3, -0.25) is 4.79 Å². The van der Waals surface area contributed by atoms with E-state index in [1.54, 1.807) is 0 Å². The number of nitrogens with one attached hydrogen (secondary N) is 1. The highest BCUT2D eigenvalue weighted by Gasteiger charge is 2.44. The summed E-state index contributed by atoms with van der Waals surface area (Å²) in [6.45, 7) is 3.26. The van der Waals surface area contributed by atoms with Crippen LogP contribution in [0.2, 0.25) is 0 Å². The van der Waals surface area contributed by atoms with E-state index in [1.165, 1.54) is 13.8 Å². The SMILES string of the molecule is Cc1noc(C)c1S(=O)(=O)NC1(CC(N)=O)COC1. The molecule has 0 saturated carbocycles. The molecule has 0 radical (unpaired) electrons. The molecule has 1 aliphatic heterocycles. The fraction of sp³-hybridized carbons (Fsp3) is 0.600. The number of carbonyl (C=O) groups is 1. The smallest absolute Gasteiger partial charge is 0.246 e.